The molecular weight excluding hydrogens is 234 g/mol. The lowest BCUT2D eigenvalue weighted by molar-refractivity contribution is 0.507. The molecule has 1 saturated carbocycles. The summed E-state index contributed by atoms with van der Waals surface area (Å²) in [5.41, 5.74) is 6.88. The molecule has 3 nitrogen and oxygen atoms in total. The van der Waals surface area contributed by atoms with Gasteiger partial charge in [0.1, 0.15) is 0 Å². The molecule has 1 aliphatic rings. The van der Waals surface area contributed by atoms with Crippen LogP contribution in [-0.4, -0.2) is 19.7 Å². The zero-order valence-corrected chi connectivity index (χ0v) is 11.1. The Hall–Kier alpha value is -0.870. The first-order chi connectivity index (χ1) is 7.93. The first kappa shape index (κ1) is 12.6. The first-order valence-electron chi connectivity index (χ1n) is 5.99. The third-order valence-electron chi connectivity index (χ3n) is 3.76. The molecule has 2 N–H and O–H groups in total. The van der Waals surface area contributed by atoms with Crippen molar-refractivity contribution in [1.82, 2.24) is 0 Å². The van der Waals surface area contributed by atoms with Crippen LogP contribution in [0, 0.1) is 12.8 Å². The summed E-state index contributed by atoms with van der Waals surface area (Å²) in [6, 6.07) is 7.13. The zero-order valence-electron chi connectivity index (χ0n) is 10.3. The van der Waals surface area contributed by atoms with Gasteiger partial charge in [0.05, 0.1) is 10.1 Å². The van der Waals surface area contributed by atoms with E-state index in [4.69, 9.17) is 5.73 Å². The highest BCUT2D eigenvalue weighted by Gasteiger charge is 2.39. The van der Waals surface area contributed by atoms with Gasteiger partial charge in [0.25, 0.3) is 0 Å². The van der Waals surface area contributed by atoms with Crippen molar-refractivity contribution in [2.45, 2.75) is 42.9 Å². The van der Waals surface area contributed by atoms with Crippen LogP contribution in [0.4, 0.5) is 0 Å². The molecule has 0 aliphatic heterocycles. The molecule has 1 aromatic carbocycles. The van der Waals surface area contributed by atoms with E-state index < -0.39 is 9.84 Å². The summed E-state index contributed by atoms with van der Waals surface area (Å²) in [6.45, 7) is 3.85. The van der Waals surface area contributed by atoms with Crippen LogP contribution in [0.5, 0.6) is 0 Å². The molecule has 94 valence electrons. The summed E-state index contributed by atoms with van der Waals surface area (Å²) in [5.74, 6) is 0.0421. The van der Waals surface area contributed by atoms with Crippen LogP contribution in [0.1, 0.15) is 25.3 Å². The smallest absolute Gasteiger partial charge is 0.181 e. The van der Waals surface area contributed by atoms with Gasteiger partial charge in [0, 0.05) is 6.04 Å². The van der Waals surface area contributed by atoms with E-state index in [0.717, 1.165) is 12.0 Å². The lowest BCUT2D eigenvalue weighted by Crippen LogP contribution is -2.32. The van der Waals surface area contributed by atoms with Gasteiger partial charge in [-0.2, -0.15) is 0 Å². The Kier molecular flexibility index (Phi) is 3.27. The van der Waals surface area contributed by atoms with E-state index in [1.807, 2.05) is 19.9 Å². The number of sulfone groups is 1. The highest BCUT2D eigenvalue weighted by Crippen LogP contribution is 2.33. The summed E-state index contributed by atoms with van der Waals surface area (Å²) in [7, 11) is -3.22. The van der Waals surface area contributed by atoms with Crippen molar-refractivity contribution in [3.63, 3.8) is 0 Å². The van der Waals surface area contributed by atoms with Gasteiger partial charge < -0.3 is 5.73 Å². The Bertz CT molecular complexity index is 510. The lowest BCUT2D eigenvalue weighted by atomic mass is 10.1. The van der Waals surface area contributed by atoms with Gasteiger partial charge >= 0.3 is 0 Å². The molecule has 2 rings (SSSR count). The minimum absolute atomic E-state index is 0.0135. The van der Waals surface area contributed by atoms with Crippen LogP contribution in [0.3, 0.4) is 0 Å². The predicted molar refractivity (Wildman–Crippen MR) is 68.5 cm³/mol. The van der Waals surface area contributed by atoms with Gasteiger partial charge in [-0.15, -0.1) is 0 Å². The number of aryl methyl sites for hydroxylation is 1. The van der Waals surface area contributed by atoms with Crippen LogP contribution >= 0.6 is 0 Å². The van der Waals surface area contributed by atoms with E-state index in [0.29, 0.717) is 11.3 Å². The van der Waals surface area contributed by atoms with Crippen LogP contribution < -0.4 is 5.73 Å². The maximum Gasteiger partial charge on any atom is 0.181 e. The molecule has 0 aromatic heterocycles. The number of hydrogen-bond donors (Lipinski definition) is 1. The fourth-order valence-corrected chi connectivity index (χ4v) is 4.74. The number of nitrogens with two attached hydrogens (primary N) is 1. The predicted octanol–water partition coefficient (Wildman–Crippen LogP) is 1.89. The number of rotatable bonds is 2. The summed E-state index contributed by atoms with van der Waals surface area (Å²) >= 11 is 0. The van der Waals surface area contributed by atoms with Gasteiger partial charge in [-0.05, 0) is 43.4 Å². The van der Waals surface area contributed by atoms with Gasteiger partial charge in [-0.3, -0.25) is 0 Å². The topological polar surface area (TPSA) is 60.2 Å². The Labute approximate surface area is 103 Å². The van der Waals surface area contributed by atoms with Gasteiger partial charge in [-0.1, -0.05) is 19.1 Å². The second-order valence-corrected chi connectivity index (χ2v) is 7.17. The summed E-state index contributed by atoms with van der Waals surface area (Å²) in [6.07, 6.45) is 1.48. The van der Waals surface area contributed by atoms with Gasteiger partial charge in [-0.25, -0.2) is 8.42 Å². The monoisotopic (exact) mass is 253 g/mol. The molecule has 0 heterocycles. The highest BCUT2D eigenvalue weighted by atomic mass is 32.2. The highest BCUT2D eigenvalue weighted by molar-refractivity contribution is 7.92. The molecule has 0 spiro atoms. The molecule has 0 saturated heterocycles. The third-order valence-corrected chi connectivity index (χ3v) is 6.14. The molecule has 3 unspecified atom stereocenters. The molecule has 0 amide bonds. The Balaban J connectivity index is 2.37. The SMILES string of the molecule is Cc1cccc(S(=O)(=O)C2CCC(N)C2C)c1. The minimum atomic E-state index is -3.22. The molecule has 1 aliphatic carbocycles. The maximum atomic E-state index is 12.5. The quantitative estimate of drug-likeness (QED) is 0.875. The maximum absolute atomic E-state index is 12.5. The standard InChI is InChI=1S/C13H19NO2S/c1-9-4-3-5-11(8-9)17(15,16)13-7-6-12(14)10(13)2/h3-5,8,10,12-13H,6-7,14H2,1-2H3. The largest absolute Gasteiger partial charge is 0.327 e. The van der Waals surface area contributed by atoms with Crippen LogP contribution in [0.25, 0.3) is 0 Å². The van der Waals surface area contributed by atoms with E-state index >= 15 is 0 Å². The van der Waals surface area contributed by atoms with Crippen molar-refractivity contribution in [3.8, 4) is 0 Å². The summed E-state index contributed by atoms with van der Waals surface area (Å²) in [4.78, 5) is 0.434. The van der Waals surface area contributed by atoms with Gasteiger partial charge in [0.15, 0.2) is 9.84 Å². The number of benzene rings is 1. The summed E-state index contributed by atoms with van der Waals surface area (Å²) in [5, 5.41) is -0.320. The van der Waals surface area contributed by atoms with E-state index in [2.05, 4.69) is 0 Å². The van der Waals surface area contributed by atoms with Gasteiger partial charge in [0.2, 0.25) is 0 Å². The van der Waals surface area contributed by atoms with E-state index in [1.54, 1.807) is 18.2 Å². The fourth-order valence-electron chi connectivity index (χ4n) is 2.56. The van der Waals surface area contributed by atoms with Crippen LogP contribution in [-0.2, 0) is 9.84 Å². The Morgan fingerprint density at radius 2 is 2.00 bits per heavy atom. The third kappa shape index (κ3) is 2.24. The Morgan fingerprint density at radius 1 is 1.29 bits per heavy atom. The Morgan fingerprint density at radius 3 is 2.53 bits per heavy atom. The summed E-state index contributed by atoms with van der Waals surface area (Å²) < 4.78 is 25.0. The van der Waals surface area contributed by atoms with Crippen molar-refractivity contribution < 1.29 is 8.42 Å². The molecule has 4 heteroatoms. The molecule has 1 fully saturated rings. The zero-order chi connectivity index (χ0) is 12.6. The fraction of sp³-hybridized carbons (Fsp3) is 0.538. The second-order valence-electron chi connectivity index (χ2n) is 5.00. The molecular formula is C13H19NO2S. The average molecular weight is 253 g/mol. The van der Waals surface area contributed by atoms with Crippen LogP contribution in [0.2, 0.25) is 0 Å². The van der Waals surface area contributed by atoms with E-state index in [-0.39, 0.29) is 17.2 Å². The average Bonchev–Trinajstić information content (AvgIpc) is 2.60. The van der Waals surface area contributed by atoms with Crippen molar-refractivity contribution in [2.75, 3.05) is 0 Å². The van der Waals surface area contributed by atoms with Crippen molar-refractivity contribution in [3.05, 3.63) is 29.8 Å². The second kappa shape index (κ2) is 4.42. The molecule has 0 radical (unpaired) electrons. The van der Waals surface area contributed by atoms with Crippen molar-refractivity contribution in [1.29, 1.82) is 0 Å². The van der Waals surface area contributed by atoms with E-state index in [1.165, 1.54) is 0 Å². The molecule has 0 bridgehead atoms. The van der Waals surface area contributed by atoms with E-state index in [9.17, 15) is 8.42 Å². The number of hydrogen-bond acceptors (Lipinski definition) is 3. The molecule has 1 aromatic rings. The minimum Gasteiger partial charge on any atom is -0.327 e. The first-order valence-corrected chi connectivity index (χ1v) is 7.53. The lowest BCUT2D eigenvalue weighted by Gasteiger charge is -2.18. The molecule has 3 atom stereocenters. The molecule has 17 heavy (non-hydrogen) atoms. The van der Waals surface area contributed by atoms with Crippen molar-refractivity contribution in [2.24, 2.45) is 11.7 Å². The van der Waals surface area contributed by atoms with Crippen LogP contribution in [0.15, 0.2) is 29.2 Å². The van der Waals surface area contributed by atoms with Crippen molar-refractivity contribution >= 4 is 9.84 Å². The normalized spacial score (nSPS) is 29.5.